The zero-order chi connectivity index (χ0) is 17.6. The number of rotatable bonds is 2. The fourth-order valence-electron chi connectivity index (χ4n) is 2.85. The maximum atomic E-state index is 13.9. The molecular weight excluding hydrogens is 387 g/mol. The third-order valence-electron chi connectivity index (χ3n) is 4.03. The van der Waals surface area contributed by atoms with Crippen LogP contribution < -0.4 is 0 Å². The molecule has 0 unspecified atom stereocenters. The number of benzene rings is 3. The Balaban J connectivity index is 1.79. The summed E-state index contributed by atoms with van der Waals surface area (Å²) in [5, 5.41) is 6.17. The predicted octanol–water partition coefficient (Wildman–Crippen LogP) is 4.37. The molecule has 0 fully saturated rings. The number of amides is 2. The monoisotopic (exact) mass is 396 g/mol. The fourth-order valence-corrected chi connectivity index (χ4v) is 3.18. The van der Waals surface area contributed by atoms with Gasteiger partial charge < -0.3 is 0 Å². The topological polar surface area (TPSA) is 49.7 Å². The van der Waals surface area contributed by atoms with E-state index in [2.05, 4.69) is 21.0 Å². The van der Waals surface area contributed by atoms with Crippen LogP contribution in [-0.4, -0.2) is 23.0 Å². The highest BCUT2D eigenvalue weighted by molar-refractivity contribution is 9.10. The molecule has 0 radical (unpaired) electrons. The van der Waals surface area contributed by atoms with Crippen LogP contribution in [0.25, 0.3) is 10.8 Å². The van der Waals surface area contributed by atoms with E-state index in [-0.39, 0.29) is 5.56 Å². The minimum Gasteiger partial charge on any atom is -0.267 e. The fraction of sp³-hybridized carbons (Fsp3) is 0. The van der Waals surface area contributed by atoms with Crippen LogP contribution in [0.1, 0.15) is 26.3 Å². The second-order valence-corrected chi connectivity index (χ2v) is 6.46. The molecule has 1 aliphatic rings. The average molecular weight is 397 g/mol. The van der Waals surface area contributed by atoms with E-state index >= 15 is 0 Å². The third-order valence-corrected chi connectivity index (χ3v) is 4.52. The van der Waals surface area contributed by atoms with Gasteiger partial charge in [-0.25, -0.2) is 4.39 Å². The molecule has 0 atom stereocenters. The van der Waals surface area contributed by atoms with E-state index in [4.69, 9.17) is 0 Å². The highest BCUT2D eigenvalue weighted by atomic mass is 79.9. The molecule has 4 nitrogen and oxygen atoms in total. The van der Waals surface area contributed by atoms with Gasteiger partial charge in [0.05, 0.1) is 17.3 Å². The number of imide groups is 1. The van der Waals surface area contributed by atoms with Crippen molar-refractivity contribution in [1.82, 2.24) is 5.01 Å². The van der Waals surface area contributed by atoms with Crippen LogP contribution in [-0.2, 0) is 0 Å². The van der Waals surface area contributed by atoms with Crippen molar-refractivity contribution >= 4 is 44.7 Å². The first kappa shape index (κ1) is 15.7. The summed E-state index contributed by atoms with van der Waals surface area (Å²) in [4.78, 5) is 25.3. The van der Waals surface area contributed by atoms with Crippen LogP contribution in [0.4, 0.5) is 4.39 Å². The summed E-state index contributed by atoms with van der Waals surface area (Å²) in [6, 6.07) is 15.0. The molecule has 3 aromatic rings. The van der Waals surface area contributed by atoms with Crippen molar-refractivity contribution in [1.29, 1.82) is 0 Å². The Hall–Kier alpha value is -2.86. The molecule has 2 amide bonds. The smallest absolute Gasteiger partial charge is 0.267 e. The summed E-state index contributed by atoms with van der Waals surface area (Å²) in [5.74, 6) is -1.55. The lowest BCUT2D eigenvalue weighted by Crippen LogP contribution is -2.36. The van der Waals surface area contributed by atoms with Gasteiger partial charge in [0.2, 0.25) is 0 Å². The second kappa shape index (κ2) is 5.89. The lowest BCUT2D eigenvalue weighted by atomic mass is 9.95. The predicted molar refractivity (Wildman–Crippen MR) is 96.1 cm³/mol. The molecule has 0 N–H and O–H groups in total. The van der Waals surface area contributed by atoms with Gasteiger partial charge in [0.15, 0.2) is 0 Å². The van der Waals surface area contributed by atoms with E-state index in [0.29, 0.717) is 21.0 Å². The van der Waals surface area contributed by atoms with Crippen LogP contribution in [0, 0.1) is 5.82 Å². The molecule has 0 saturated carbocycles. The molecule has 122 valence electrons. The van der Waals surface area contributed by atoms with Crippen LogP contribution in [0.2, 0.25) is 0 Å². The Bertz CT molecular complexity index is 1030. The first-order valence-electron chi connectivity index (χ1n) is 7.46. The largest absolute Gasteiger partial charge is 0.282 e. The number of carbonyl (C=O) groups is 2. The van der Waals surface area contributed by atoms with E-state index in [0.717, 1.165) is 10.4 Å². The van der Waals surface area contributed by atoms with Crippen molar-refractivity contribution in [2.45, 2.75) is 0 Å². The minimum atomic E-state index is -0.525. The van der Waals surface area contributed by atoms with Crippen molar-refractivity contribution in [3.05, 3.63) is 81.6 Å². The van der Waals surface area contributed by atoms with Gasteiger partial charge in [-0.2, -0.15) is 10.1 Å². The van der Waals surface area contributed by atoms with E-state index in [9.17, 15) is 14.0 Å². The van der Waals surface area contributed by atoms with Gasteiger partial charge in [0.25, 0.3) is 11.8 Å². The summed E-state index contributed by atoms with van der Waals surface area (Å²) < 4.78 is 14.5. The maximum Gasteiger partial charge on any atom is 0.282 e. The molecule has 0 saturated heterocycles. The number of hydrazone groups is 1. The van der Waals surface area contributed by atoms with Crippen molar-refractivity contribution in [2.75, 3.05) is 0 Å². The molecule has 3 aromatic carbocycles. The molecule has 0 spiro atoms. The number of hydrogen-bond donors (Lipinski definition) is 0. The maximum absolute atomic E-state index is 13.9. The first-order chi connectivity index (χ1) is 12.1. The molecule has 6 heteroatoms. The Morgan fingerprint density at radius 3 is 2.20 bits per heavy atom. The summed E-state index contributed by atoms with van der Waals surface area (Å²) in [6.07, 6.45) is 1.17. The van der Waals surface area contributed by atoms with Gasteiger partial charge >= 0.3 is 0 Å². The van der Waals surface area contributed by atoms with E-state index < -0.39 is 17.6 Å². The average Bonchev–Trinajstić information content (AvgIpc) is 2.61. The number of nitrogens with zero attached hydrogens (tertiary/aromatic N) is 2. The second-order valence-electron chi connectivity index (χ2n) is 5.54. The SMILES string of the molecule is O=C1c2cccc3cccc(c23)C(=O)N1/N=C\c1ccc(Br)cc1F. The van der Waals surface area contributed by atoms with E-state index in [1.165, 1.54) is 18.3 Å². The third kappa shape index (κ3) is 2.55. The molecule has 1 heterocycles. The molecule has 0 aromatic heterocycles. The number of hydrogen-bond acceptors (Lipinski definition) is 3. The van der Waals surface area contributed by atoms with Gasteiger partial charge in [-0.05, 0) is 35.7 Å². The molecule has 0 bridgehead atoms. The molecule has 1 aliphatic heterocycles. The quantitative estimate of drug-likeness (QED) is 0.476. The Kier molecular flexibility index (Phi) is 3.69. The van der Waals surface area contributed by atoms with Crippen LogP contribution in [0.5, 0.6) is 0 Å². The van der Waals surface area contributed by atoms with Gasteiger partial charge in [-0.3, -0.25) is 9.59 Å². The van der Waals surface area contributed by atoms with Crippen molar-refractivity contribution < 1.29 is 14.0 Å². The van der Waals surface area contributed by atoms with Crippen molar-refractivity contribution in [2.24, 2.45) is 5.10 Å². The summed E-state index contributed by atoms with van der Waals surface area (Å²) in [7, 11) is 0. The highest BCUT2D eigenvalue weighted by Gasteiger charge is 2.32. The zero-order valence-electron chi connectivity index (χ0n) is 12.7. The highest BCUT2D eigenvalue weighted by Crippen LogP contribution is 2.30. The molecule has 25 heavy (non-hydrogen) atoms. The van der Waals surface area contributed by atoms with E-state index in [1.807, 2.05) is 12.1 Å². The Morgan fingerprint density at radius 2 is 1.60 bits per heavy atom. The van der Waals surface area contributed by atoms with Crippen LogP contribution >= 0.6 is 15.9 Å². The molecular formula is C19H10BrFN2O2. The molecule has 4 rings (SSSR count). The van der Waals surface area contributed by atoms with Gasteiger partial charge in [-0.1, -0.05) is 40.2 Å². The first-order valence-corrected chi connectivity index (χ1v) is 8.25. The zero-order valence-corrected chi connectivity index (χ0v) is 14.3. The summed E-state index contributed by atoms with van der Waals surface area (Å²) in [5.41, 5.74) is 0.989. The van der Waals surface area contributed by atoms with Gasteiger partial charge in [0, 0.05) is 15.4 Å². The standard InChI is InChI=1S/C19H10BrFN2O2/c20-13-8-7-12(16(21)9-13)10-22-23-18(24)14-5-1-3-11-4-2-6-15(17(11)14)19(23)25/h1-10H/b22-10-. The van der Waals surface area contributed by atoms with Gasteiger partial charge in [0.1, 0.15) is 5.82 Å². The van der Waals surface area contributed by atoms with Crippen LogP contribution in [0.3, 0.4) is 0 Å². The lowest BCUT2D eigenvalue weighted by molar-refractivity contribution is 0.0616. The van der Waals surface area contributed by atoms with Crippen LogP contribution in [0.15, 0.2) is 64.2 Å². The normalized spacial score (nSPS) is 13.9. The number of carbonyl (C=O) groups excluding carboxylic acids is 2. The number of halogens is 2. The minimum absolute atomic E-state index is 0.181. The lowest BCUT2D eigenvalue weighted by Gasteiger charge is -2.23. The Morgan fingerprint density at radius 1 is 0.960 bits per heavy atom. The summed E-state index contributed by atoms with van der Waals surface area (Å²) in [6.45, 7) is 0. The van der Waals surface area contributed by atoms with E-state index in [1.54, 1.807) is 30.3 Å². The van der Waals surface area contributed by atoms with Gasteiger partial charge in [-0.15, -0.1) is 0 Å². The van der Waals surface area contributed by atoms with Crippen molar-refractivity contribution in [3.8, 4) is 0 Å². The molecule has 0 aliphatic carbocycles. The Labute approximate surface area is 150 Å². The summed E-state index contributed by atoms with van der Waals surface area (Å²) >= 11 is 3.17. The van der Waals surface area contributed by atoms with Crippen molar-refractivity contribution in [3.63, 3.8) is 0 Å².